The number of rotatable bonds is 2. The molecule has 2 aliphatic rings. The summed E-state index contributed by atoms with van der Waals surface area (Å²) in [4.78, 5) is 48.1. The van der Waals surface area contributed by atoms with Gasteiger partial charge in [-0.3, -0.25) is 4.79 Å². The minimum atomic E-state index is -0.531. The van der Waals surface area contributed by atoms with Gasteiger partial charge in [-0.1, -0.05) is 18.3 Å². The molecular formula is C22H28N6O3S. The number of pyridine rings is 1. The van der Waals surface area contributed by atoms with E-state index in [1.54, 1.807) is 0 Å². The minimum absolute atomic E-state index is 0.0492. The Morgan fingerprint density at radius 2 is 1.94 bits per heavy atom. The van der Waals surface area contributed by atoms with Crippen molar-refractivity contribution in [3.05, 3.63) is 20.9 Å². The van der Waals surface area contributed by atoms with Crippen molar-refractivity contribution in [2.24, 2.45) is 0 Å². The zero-order chi connectivity index (χ0) is 22.8. The van der Waals surface area contributed by atoms with E-state index in [4.69, 9.17) is 4.74 Å². The standard InChI is InChI=1S/C22H28N6O3S/c1-6-12-16(17(29)15-18(24-12)26-20-19(25-15)23-11(2)32-20)27-9-10-28(14-8-7-13(14)27)21(30)31-22(3,4)5/h13-14H,6-10H2,1-5H3,(H,24,26,29)/t13-,14-/m0/s1. The molecule has 0 unspecified atom stereocenters. The first-order chi connectivity index (χ1) is 15.2. The number of carbonyl (C=O) groups is 1. The summed E-state index contributed by atoms with van der Waals surface area (Å²) >= 11 is 1.47. The summed E-state index contributed by atoms with van der Waals surface area (Å²) in [5.41, 5.74) is 2.19. The summed E-state index contributed by atoms with van der Waals surface area (Å²) in [6.45, 7) is 10.7. The van der Waals surface area contributed by atoms with E-state index in [9.17, 15) is 9.59 Å². The smallest absolute Gasteiger partial charge is 0.410 e. The van der Waals surface area contributed by atoms with E-state index in [2.05, 4.69) is 24.8 Å². The Kier molecular flexibility index (Phi) is 4.88. The van der Waals surface area contributed by atoms with Crippen LogP contribution in [0, 0.1) is 6.92 Å². The molecule has 5 rings (SSSR count). The molecule has 1 saturated heterocycles. The van der Waals surface area contributed by atoms with E-state index in [0.29, 0.717) is 42.0 Å². The number of nitrogens with zero attached hydrogens (tertiary/aromatic N) is 5. The number of piperazine rings is 1. The number of hydrogen-bond donors (Lipinski definition) is 1. The summed E-state index contributed by atoms with van der Waals surface area (Å²) in [5.74, 6) is 0. The van der Waals surface area contributed by atoms with Crippen molar-refractivity contribution in [1.29, 1.82) is 0 Å². The molecule has 170 valence electrons. The summed E-state index contributed by atoms with van der Waals surface area (Å²) in [7, 11) is 0. The third kappa shape index (κ3) is 3.41. The van der Waals surface area contributed by atoms with Gasteiger partial charge in [0.05, 0.1) is 11.0 Å². The Morgan fingerprint density at radius 3 is 2.59 bits per heavy atom. The van der Waals surface area contributed by atoms with Gasteiger partial charge in [0.25, 0.3) is 0 Å². The first-order valence-electron chi connectivity index (χ1n) is 11.1. The average molecular weight is 457 g/mol. The normalized spacial score (nSPS) is 21.0. The molecular weight excluding hydrogens is 428 g/mol. The maximum atomic E-state index is 13.6. The molecule has 1 amide bonds. The minimum Gasteiger partial charge on any atom is -0.444 e. The fraction of sp³-hybridized carbons (Fsp3) is 0.591. The van der Waals surface area contributed by atoms with Crippen LogP contribution in [0.25, 0.3) is 21.6 Å². The number of aromatic nitrogens is 4. The summed E-state index contributed by atoms with van der Waals surface area (Å²) in [6.07, 6.45) is 2.24. The second-order valence-corrected chi connectivity index (χ2v) is 10.7. The lowest BCUT2D eigenvalue weighted by Gasteiger charge is -2.54. The fourth-order valence-corrected chi connectivity index (χ4v) is 5.42. The highest BCUT2D eigenvalue weighted by Gasteiger charge is 2.47. The molecule has 3 aromatic rings. The van der Waals surface area contributed by atoms with Crippen LogP contribution in [0.2, 0.25) is 0 Å². The molecule has 2 atom stereocenters. The van der Waals surface area contributed by atoms with Gasteiger partial charge in [-0.2, -0.15) is 0 Å². The molecule has 1 saturated carbocycles. The van der Waals surface area contributed by atoms with Crippen LogP contribution < -0.4 is 10.3 Å². The highest BCUT2D eigenvalue weighted by molar-refractivity contribution is 7.18. The predicted molar refractivity (Wildman–Crippen MR) is 125 cm³/mol. The third-order valence-electron chi connectivity index (χ3n) is 6.19. The Bertz CT molecular complexity index is 1280. The molecule has 9 nitrogen and oxygen atoms in total. The van der Waals surface area contributed by atoms with Gasteiger partial charge in [0.1, 0.15) is 11.3 Å². The van der Waals surface area contributed by atoms with Crippen LogP contribution in [0.4, 0.5) is 10.5 Å². The lowest BCUT2D eigenvalue weighted by Crippen LogP contribution is -2.67. The SMILES string of the molecule is CCc1[nH]c2nc3sc(C)nc3nc2c(=O)c1N1CCN(C(=O)OC(C)(C)C)[C@H]2CC[C@@H]21. The van der Waals surface area contributed by atoms with Crippen molar-refractivity contribution < 1.29 is 9.53 Å². The second-order valence-electron chi connectivity index (χ2n) is 9.50. The molecule has 0 bridgehead atoms. The van der Waals surface area contributed by atoms with Gasteiger partial charge in [-0.05, 0) is 47.0 Å². The lowest BCUT2D eigenvalue weighted by atomic mass is 9.81. The van der Waals surface area contributed by atoms with E-state index in [1.807, 2.05) is 39.5 Å². The predicted octanol–water partition coefficient (Wildman–Crippen LogP) is 3.39. The maximum Gasteiger partial charge on any atom is 0.410 e. The van der Waals surface area contributed by atoms with Gasteiger partial charge < -0.3 is 19.5 Å². The number of H-pyrrole nitrogens is 1. The van der Waals surface area contributed by atoms with Gasteiger partial charge >= 0.3 is 6.09 Å². The van der Waals surface area contributed by atoms with Crippen LogP contribution in [0.1, 0.15) is 51.2 Å². The number of thiazole rings is 1. The van der Waals surface area contributed by atoms with Crippen molar-refractivity contribution in [2.45, 2.75) is 71.6 Å². The van der Waals surface area contributed by atoms with E-state index < -0.39 is 5.60 Å². The number of ether oxygens (including phenoxy) is 1. The topological polar surface area (TPSA) is 104 Å². The molecule has 1 N–H and O–H groups in total. The number of amides is 1. The second kappa shape index (κ2) is 7.40. The van der Waals surface area contributed by atoms with Crippen LogP contribution in [0.5, 0.6) is 0 Å². The molecule has 0 aromatic carbocycles. The monoisotopic (exact) mass is 456 g/mol. The van der Waals surface area contributed by atoms with Crippen LogP contribution in [-0.2, 0) is 11.2 Å². The van der Waals surface area contributed by atoms with Crippen molar-refractivity contribution in [2.75, 3.05) is 18.0 Å². The van der Waals surface area contributed by atoms with Crippen LogP contribution in [0.15, 0.2) is 4.79 Å². The van der Waals surface area contributed by atoms with Crippen molar-refractivity contribution in [1.82, 2.24) is 24.8 Å². The molecule has 1 aliphatic heterocycles. The molecule has 2 fully saturated rings. The van der Waals surface area contributed by atoms with Crippen LogP contribution in [-0.4, -0.2) is 61.7 Å². The number of aryl methyl sites for hydroxylation is 2. The molecule has 3 aromatic heterocycles. The van der Waals surface area contributed by atoms with Gasteiger partial charge in [0.2, 0.25) is 5.43 Å². The van der Waals surface area contributed by atoms with Crippen LogP contribution >= 0.6 is 11.3 Å². The Labute approximate surface area is 189 Å². The summed E-state index contributed by atoms with van der Waals surface area (Å²) in [5, 5.41) is 0.870. The van der Waals surface area contributed by atoms with Gasteiger partial charge in [0, 0.05) is 24.8 Å². The van der Waals surface area contributed by atoms with Gasteiger partial charge in [-0.15, -0.1) is 0 Å². The van der Waals surface area contributed by atoms with Crippen molar-refractivity contribution >= 4 is 44.8 Å². The van der Waals surface area contributed by atoms with Crippen molar-refractivity contribution in [3.8, 4) is 0 Å². The van der Waals surface area contributed by atoms with Crippen molar-refractivity contribution in [3.63, 3.8) is 0 Å². The molecule has 0 radical (unpaired) electrons. The average Bonchev–Trinajstić information content (AvgIpc) is 3.04. The summed E-state index contributed by atoms with van der Waals surface area (Å²) in [6, 6.07) is 0.145. The zero-order valence-corrected chi connectivity index (χ0v) is 19.9. The quantitative estimate of drug-likeness (QED) is 0.630. The number of nitrogens with one attached hydrogen (secondary N) is 1. The lowest BCUT2D eigenvalue weighted by molar-refractivity contribution is -0.00449. The van der Waals surface area contributed by atoms with Crippen LogP contribution in [0.3, 0.4) is 0 Å². The molecule has 4 heterocycles. The summed E-state index contributed by atoms with van der Waals surface area (Å²) < 4.78 is 5.62. The first kappa shape index (κ1) is 21.1. The Balaban J connectivity index is 1.53. The highest BCUT2D eigenvalue weighted by atomic mass is 32.1. The number of fused-ring (bicyclic) bond motifs is 3. The van der Waals surface area contributed by atoms with E-state index >= 15 is 0 Å². The molecule has 10 heteroatoms. The number of anilines is 1. The van der Waals surface area contributed by atoms with Gasteiger partial charge in [-0.25, -0.2) is 19.7 Å². The zero-order valence-electron chi connectivity index (χ0n) is 19.1. The van der Waals surface area contributed by atoms with E-state index in [1.165, 1.54) is 11.3 Å². The number of aromatic amines is 1. The van der Waals surface area contributed by atoms with Gasteiger partial charge in [0.15, 0.2) is 21.6 Å². The highest BCUT2D eigenvalue weighted by Crippen LogP contribution is 2.37. The molecule has 0 spiro atoms. The Morgan fingerprint density at radius 1 is 1.19 bits per heavy atom. The first-order valence-corrected chi connectivity index (χ1v) is 11.9. The van der Waals surface area contributed by atoms with E-state index in [-0.39, 0.29) is 23.6 Å². The largest absolute Gasteiger partial charge is 0.444 e. The number of hydrogen-bond acceptors (Lipinski definition) is 8. The fourth-order valence-electron chi connectivity index (χ4n) is 4.68. The number of carbonyl (C=O) groups excluding carboxylic acids is 1. The maximum absolute atomic E-state index is 13.6. The third-order valence-corrected chi connectivity index (χ3v) is 7.05. The Hall–Kier alpha value is -2.75. The van der Waals surface area contributed by atoms with E-state index in [0.717, 1.165) is 28.4 Å². The molecule has 1 aliphatic carbocycles. The molecule has 32 heavy (non-hydrogen) atoms.